The van der Waals surface area contributed by atoms with Gasteiger partial charge >= 0.3 is 0 Å². The van der Waals surface area contributed by atoms with Gasteiger partial charge in [0.15, 0.2) is 0 Å². The first-order valence-electron chi connectivity index (χ1n) is 9.76. The summed E-state index contributed by atoms with van der Waals surface area (Å²) in [6.07, 6.45) is 11.5. The maximum atomic E-state index is 12.1. The molecule has 2 amide bonds. The number of carbonyl (C=O) groups excluding carboxylic acids is 2. The summed E-state index contributed by atoms with van der Waals surface area (Å²) in [5.74, 6) is -0.390. The average molecular weight is 401 g/mol. The van der Waals surface area contributed by atoms with E-state index in [0.717, 1.165) is 23.4 Å². The average Bonchev–Trinajstić information content (AvgIpc) is 3.16. The van der Waals surface area contributed by atoms with E-state index in [1.807, 2.05) is 0 Å². The minimum atomic E-state index is -0.252. The lowest BCUT2D eigenvalue weighted by Gasteiger charge is -2.00. The molecule has 150 valence electrons. The summed E-state index contributed by atoms with van der Waals surface area (Å²) < 4.78 is 0. The number of nitrogens with zero attached hydrogens (tertiary/aromatic N) is 2. The number of unbranched alkanes of at least 4 members (excludes halogenated alkanes) is 5. The van der Waals surface area contributed by atoms with E-state index in [0.29, 0.717) is 10.7 Å². The standard InChI is InChI=1S/C21H28N4O2S/c1-3-4-5-6-7-8-9-19-24-25-21(28-19)23-18(26)15-12-16-10-13-17(14-11-16)20(27)22-2/h10-15H,3-9H2,1-2H3,(H,22,27)(H,23,25,26)/b15-12+. The number of amides is 2. The molecule has 0 fully saturated rings. The number of hydrogen-bond acceptors (Lipinski definition) is 5. The summed E-state index contributed by atoms with van der Waals surface area (Å²) in [6, 6.07) is 7.02. The van der Waals surface area contributed by atoms with Crippen molar-refractivity contribution in [2.45, 2.75) is 51.9 Å². The highest BCUT2D eigenvalue weighted by molar-refractivity contribution is 7.15. The van der Waals surface area contributed by atoms with Crippen LogP contribution in [0.2, 0.25) is 0 Å². The number of aromatic nitrogens is 2. The van der Waals surface area contributed by atoms with Crippen LogP contribution >= 0.6 is 11.3 Å². The Hall–Kier alpha value is -2.54. The van der Waals surface area contributed by atoms with Gasteiger partial charge in [-0.15, -0.1) is 10.2 Å². The van der Waals surface area contributed by atoms with E-state index < -0.39 is 0 Å². The molecule has 2 aromatic rings. The maximum absolute atomic E-state index is 12.1. The molecule has 1 aromatic heterocycles. The minimum absolute atomic E-state index is 0.138. The highest BCUT2D eigenvalue weighted by Crippen LogP contribution is 2.18. The second-order valence-corrected chi connectivity index (χ2v) is 7.60. The van der Waals surface area contributed by atoms with E-state index in [2.05, 4.69) is 27.8 Å². The number of hydrogen-bond donors (Lipinski definition) is 2. The predicted molar refractivity (Wildman–Crippen MR) is 114 cm³/mol. The van der Waals surface area contributed by atoms with Crippen molar-refractivity contribution >= 4 is 34.4 Å². The number of benzene rings is 1. The SMILES string of the molecule is CCCCCCCCc1nnc(NC(=O)/C=C/c2ccc(C(=O)NC)cc2)s1. The van der Waals surface area contributed by atoms with Crippen LogP contribution in [-0.2, 0) is 11.2 Å². The van der Waals surface area contributed by atoms with Gasteiger partial charge in [-0.1, -0.05) is 62.5 Å². The van der Waals surface area contributed by atoms with E-state index in [1.165, 1.54) is 49.5 Å². The molecule has 28 heavy (non-hydrogen) atoms. The summed E-state index contributed by atoms with van der Waals surface area (Å²) in [6.45, 7) is 2.22. The first-order chi connectivity index (χ1) is 13.6. The van der Waals surface area contributed by atoms with Gasteiger partial charge in [0.1, 0.15) is 5.01 Å². The lowest BCUT2D eigenvalue weighted by Crippen LogP contribution is -2.17. The Morgan fingerprint density at radius 1 is 1.04 bits per heavy atom. The van der Waals surface area contributed by atoms with Gasteiger partial charge in [0.2, 0.25) is 11.0 Å². The molecular formula is C21H28N4O2S. The fourth-order valence-corrected chi connectivity index (χ4v) is 3.46. The van der Waals surface area contributed by atoms with Crippen molar-refractivity contribution in [3.8, 4) is 0 Å². The Morgan fingerprint density at radius 2 is 1.75 bits per heavy atom. The van der Waals surface area contributed by atoms with E-state index in [4.69, 9.17) is 0 Å². The fraction of sp³-hybridized carbons (Fsp3) is 0.429. The monoisotopic (exact) mass is 400 g/mol. The van der Waals surface area contributed by atoms with E-state index in [-0.39, 0.29) is 11.8 Å². The van der Waals surface area contributed by atoms with Gasteiger partial charge in [0, 0.05) is 25.1 Å². The highest BCUT2D eigenvalue weighted by Gasteiger charge is 2.06. The summed E-state index contributed by atoms with van der Waals surface area (Å²) in [4.78, 5) is 23.6. The van der Waals surface area contributed by atoms with Gasteiger partial charge in [-0.05, 0) is 30.2 Å². The molecule has 0 aliphatic heterocycles. The van der Waals surface area contributed by atoms with Gasteiger partial charge in [0.05, 0.1) is 0 Å². The number of nitrogens with one attached hydrogen (secondary N) is 2. The Kier molecular flexibility index (Phi) is 9.34. The smallest absolute Gasteiger partial charge is 0.251 e. The molecule has 2 N–H and O–H groups in total. The molecular weight excluding hydrogens is 372 g/mol. The van der Waals surface area contributed by atoms with Crippen LogP contribution in [0, 0.1) is 0 Å². The van der Waals surface area contributed by atoms with Crippen LogP contribution in [0.5, 0.6) is 0 Å². The largest absolute Gasteiger partial charge is 0.355 e. The van der Waals surface area contributed by atoms with Crippen LogP contribution in [0.25, 0.3) is 6.08 Å². The first kappa shape index (κ1) is 21.8. The van der Waals surface area contributed by atoms with E-state index in [9.17, 15) is 9.59 Å². The van der Waals surface area contributed by atoms with Gasteiger partial charge < -0.3 is 5.32 Å². The third-order valence-electron chi connectivity index (χ3n) is 4.27. The molecule has 0 atom stereocenters. The van der Waals surface area contributed by atoms with Crippen LogP contribution in [0.3, 0.4) is 0 Å². The molecule has 1 aromatic carbocycles. The Balaban J connectivity index is 1.76. The molecule has 7 heteroatoms. The normalized spacial score (nSPS) is 10.9. The molecule has 0 unspecified atom stereocenters. The third-order valence-corrected chi connectivity index (χ3v) is 5.17. The topological polar surface area (TPSA) is 84.0 Å². The zero-order valence-corrected chi connectivity index (χ0v) is 17.3. The molecule has 6 nitrogen and oxygen atoms in total. The van der Waals surface area contributed by atoms with Crippen LogP contribution in [-0.4, -0.2) is 29.1 Å². The minimum Gasteiger partial charge on any atom is -0.355 e. The van der Waals surface area contributed by atoms with E-state index in [1.54, 1.807) is 37.4 Å². The summed E-state index contributed by atoms with van der Waals surface area (Å²) in [7, 11) is 1.59. The lowest BCUT2D eigenvalue weighted by molar-refractivity contribution is -0.111. The summed E-state index contributed by atoms with van der Waals surface area (Å²) >= 11 is 1.43. The number of aryl methyl sites for hydroxylation is 1. The van der Waals surface area contributed by atoms with Crippen molar-refractivity contribution < 1.29 is 9.59 Å². The molecule has 0 aliphatic carbocycles. The first-order valence-corrected chi connectivity index (χ1v) is 10.6. The van der Waals surface area contributed by atoms with Crippen molar-refractivity contribution in [1.29, 1.82) is 0 Å². The number of carbonyl (C=O) groups is 2. The zero-order valence-electron chi connectivity index (χ0n) is 16.5. The van der Waals surface area contributed by atoms with Crippen molar-refractivity contribution in [1.82, 2.24) is 15.5 Å². The lowest BCUT2D eigenvalue weighted by atomic mass is 10.1. The van der Waals surface area contributed by atoms with Crippen LogP contribution in [0.15, 0.2) is 30.3 Å². The van der Waals surface area contributed by atoms with Crippen molar-refractivity contribution in [2.24, 2.45) is 0 Å². The molecule has 0 aliphatic rings. The van der Waals surface area contributed by atoms with Crippen LogP contribution < -0.4 is 10.6 Å². The van der Waals surface area contributed by atoms with Crippen molar-refractivity contribution in [2.75, 3.05) is 12.4 Å². The van der Waals surface area contributed by atoms with Crippen molar-refractivity contribution in [3.63, 3.8) is 0 Å². The zero-order chi connectivity index (χ0) is 20.2. The maximum Gasteiger partial charge on any atom is 0.251 e. The highest BCUT2D eigenvalue weighted by atomic mass is 32.1. The Bertz CT molecular complexity index is 784. The van der Waals surface area contributed by atoms with Crippen LogP contribution in [0.1, 0.15) is 66.4 Å². The van der Waals surface area contributed by atoms with Gasteiger partial charge in [-0.3, -0.25) is 14.9 Å². The molecule has 0 saturated carbocycles. The molecule has 0 radical (unpaired) electrons. The second kappa shape index (κ2) is 12.0. The molecule has 2 rings (SSSR count). The predicted octanol–water partition coefficient (Wildman–Crippen LogP) is 4.45. The van der Waals surface area contributed by atoms with Gasteiger partial charge in [-0.2, -0.15) is 0 Å². The quantitative estimate of drug-likeness (QED) is 0.431. The second-order valence-electron chi connectivity index (χ2n) is 6.54. The van der Waals surface area contributed by atoms with Crippen LogP contribution in [0.4, 0.5) is 5.13 Å². The third kappa shape index (κ3) is 7.60. The van der Waals surface area contributed by atoms with E-state index >= 15 is 0 Å². The van der Waals surface area contributed by atoms with Gasteiger partial charge in [-0.25, -0.2) is 0 Å². The van der Waals surface area contributed by atoms with Crippen molar-refractivity contribution in [3.05, 3.63) is 46.5 Å². The fourth-order valence-electron chi connectivity index (χ4n) is 2.67. The summed E-state index contributed by atoms with van der Waals surface area (Å²) in [5, 5.41) is 15.0. The summed E-state index contributed by atoms with van der Waals surface area (Å²) in [5.41, 5.74) is 1.42. The molecule has 0 spiro atoms. The molecule has 1 heterocycles. The molecule has 0 saturated heterocycles. The number of anilines is 1. The Labute approximate surface area is 170 Å². The number of rotatable bonds is 11. The molecule has 0 bridgehead atoms. The van der Waals surface area contributed by atoms with Gasteiger partial charge in [0.25, 0.3) is 5.91 Å². The Morgan fingerprint density at radius 3 is 2.46 bits per heavy atom.